The van der Waals surface area contributed by atoms with Crippen molar-refractivity contribution >= 4 is 0 Å². The van der Waals surface area contributed by atoms with Gasteiger partial charge in [-0.15, -0.1) is 0 Å². The number of fused-ring (bicyclic) bond motifs is 5. The Bertz CT molecular complexity index is 623. The fourth-order valence-electron chi connectivity index (χ4n) is 6.54. The maximum Gasteiger partial charge on any atom is -0.00824 e. The molecule has 0 heterocycles. The van der Waals surface area contributed by atoms with E-state index >= 15 is 0 Å². The lowest BCUT2D eigenvalue weighted by Gasteiger charge is -2.50. The molecule has 0 radical (unpaired) electrons. The van der Waals surface area contributed by atoms with Gasteiger partial charge in [-0.05, 0) is 86.2 Å². The summed E-state index contributed by atoms with van der Waals surface area (Å²) in [6, 6.07) is 7.25. The third-order valence-corrected chi connectivity index (χ3v) is 7.37. The molecule has 0 amide bonds. The molecule has 3 aliphatic rings. The molecule has 0 nitrogen and oxygen atoms in total. The summed E-state index contributed by atoms with van der Waals surface area (Å²) in [5, 5.41) is 0. The van der Waals surface area contributed by atoms with Gasteiger partial charge in [0.25, 0.3) is 0 Å². The van der Waals surface area contributed by atoms with Gasteiger partial charge >= 0.3 is 0 Å². The SMILES string of the molecule is C/C=C1\CC(C)C2C3CCc4cc(C)ccc4C3CCC12C.CC. The second-order valence-corrected chi connectivity index (χ2v) is 8.49. The first-order valence-corrected chi connectivity index (χ1v) is 10.3. The van der Waals surface area contributed by atoms with E-state index in [-0.39, 0.29) is 0 Å². The van der Waals surface area contributed by atoms with E-state index in [1.54, 1.807) is 16.7 Å². The highest BCUT2D eigenvalue weighted by molar-refractivity contribution is 5.39. The van der Waals surface area contributed by atoms with Crippen molar-refractivity contribution in [3.8, 4) is 0 Å². The third-order valence-electron chi connectivity index (χ3n) is 7.37. The van der Waals surface area contributed by atoms with Crippen LogP contribution >= 0.6 is 0 Å². The molecule has 4 rings (SSSR count). The van der Waals surface area contributed by atoms with Gasteiger partial charge in [-0.25, -0.2) is 0 Å². The molecule has 5 unspecified atom stereocenters. The monoisotopic (exact) mass is 324 g/mol. The molecular weight excluding hydrogens is 288 g/mol. The smallest absolute Gasteiger partial charge is 0.00824 e. The number of allylic oxidation sites excluding steroid dienone is 2. The highest BCUT2D eigenvalue weighted by Crippen LogP contribution is 2.64. The number of hydrogen-bond donors (Lipinski definition) is 0. The molecule has 2 fully saturated rings. The lowest BCUT2D eigenvalue weighted by molar-refractivity contribution is 0.0553. The van der Waals surface area contributed by atoms with E-state index in [2.05, 4.69) is 52.0 Å². The predicted octanol–water partition coefficient (Wildman–Crippen LogP) is 7.07. The van der Waals surface area contributed by atoms with E-state index in [9.17, 15) is 0 Å². The zero-order valence-electron chi connectivity index (χ0n) is 16.7. The van der Waals surface area contributed by atoms with Crippen LogP contribution in [0.2, 0.25) is 0 Å². The van der Waals surface area contributed by atoms with Crippen LogP contribution < -0.4 is 0 Å². The summed E-state index contributed by atoms with van der Waals surface area (Å²) in [6.07, 6.45) is 9.32. The van der Waals surface area contributed by atoms with Crippen LogP contribution in [0.4, 0.5) is 0 Å². The van der Waals surface area contributed by atoms with Crippen LogP contribution in [0.25, 0.3) is 0 Å². The Morgan fingerprint density at radius 3 is 2.62 bits per heavy atom. The van der Waals surface area contributed by atoms with Crippen LogP contribution in [-0.4, -0.2) is 0 Å². The summed E-state index contributed by atoms with van der Waals surface area (Å²) in [6.45, 7) is 13.6. The van der Waals surface area contributed by atoms with Gasteiger partial charge < -0.3 is 0 Å². The van der Waals surface area contributed by atoms with E-state index in [4.69, 9.17) is 0 Å². The van der Waals surface area contributed by atoms with Crippen LogP contribution in [0.5, 0.6) is 0 Å². The van der Waals surface area contributed by atoms with Gasteiger partial charge in [0.2, 0.25) is 0 Å². The molecule has 0 saturated heterocycles. The predicted molar refractivity (Wildman–Crippen MR) is 105 cm³/mol. The fourth-order valence-corrected chi connectivity index (χ4v) is 6.54. The highest BCUT2D eigenvalue weighted by Gasteiger charge is 2.54. The van der Waals surface area contributed by atoms with Crippen molar-refractivity contribution in [1.29, 1.82) is 0 Å². The van der Waals surface area contributed by atoms with Crippen molar-refractivity contribution in [2.24, 2.45) is 23.2 Å². The van der Waals surface area contributed by atoms with Crippen molar-refractivity contribution in [2.75, 3.05) is 0 Å². The Balaban J connectivity index is 0.000000815. The van der Waals surface area contributed by atoms with Crippen LogP contribution in [0.15, 0.2) is 29.8 Å². The van der Waals surface area contributed by atoms with Gasteiger partial charge in [-0.1, -0.05) is 63.1 Å². The Morgan fingerprint density at radius 2 is 1.92 bits per heavy atom. The summed E-state index contributed by atoms with van der Waals surface area (Å²) in [5.41, 5.74) is 7.05. The second-order valence-electron chi connectivity index (χ2n) is 8.49. The number of rotatable bonds is 0. The van der Waals surface area contributed by atoms with E-state index < -0.39 is 0 Å². The maximum absolute atomic E-state index is 2.58. The minimum absolute atomic E-state index is 0.498. The Kier molecular flexibility index (Phi) is 4.96. The first kappa shape index (κ1) is 17.8. The highest BCUT2D eigenvalue weighted by atomic mass is 14.6. The molecule has 5 atom stereocenters. The molecule has 0 bridgehead atoms. The van der Waals surface area contributed by atoms with Gasteiger partial charge in [-0.3, -0.25) is 0 Å². The molecule has 0 aliphatic heterocycles. The van der Waals surface area contributed by atoms with Gasteiger partial charge in [-0.2, -0.15) is 0 Å². The largest absolute Gasteiger partial charge is 0.0879 e. The van der Waals surface area contributed by atoms with Crippen LogP contribution in [0.1, 0.15) is 82.9 Å². The van der Waals surface area contributed by atoms with Crippen LogP contribution in [0, 0.1) is 30.1 Å². The third kappa shape index (κ3) is 2.57. The lowest BCUT2D eigenvalue weighted by Crippen LogP contribution is -2.42. The molecule has 2 saturated carbocycles. The quantitative estimate of drug-likeness (QED) is 0.448. The summed E-state index contributed by atoms with van der Waals surface area (Å²) < 4.78 is 0. The van der Waals surface area contributed by atoms with Crippen molar-refractivity contribution < 1.29 is 0 Å². The molecule has 1 aromatic rings. The normalized spacial score (nSPS) is 38.7. The maximum atomic E-state index is 2.58. The van der Waals surface area contributed by atoms with E-state index in [1.807, 2.05) is 13.8 Å². The minimum Gasteiger partial charge on any atom is -0.0879 e. The van der Waals surface area contributed by atoms with E-state index in [0.29, 0.717) is 5.41 Å². The topological polar surface area (TPSA) is 0 Å². The van der Waals surface area contributed by atoms with Gasteiger partial charge in [0.05, 0.1) is 0 Å². The van der Waals surface area contributed by atoms with Gasteiger partial charge in [0.1, 0.15) is 0 Å². The standard InChI is InChI=1S/C22H30.C2H6/c1-5-17-13-15(3)21-20-9-7-16-12-14(2)6-8-18(16)19(20)10-11-22(17,21)4;1-2/h5-6,8,12,15,19-21H,7,9-11,13H2,1-4H3;1-2H3/b17-5+;. The molecule has 0 spiro atoms. The van der Waals surface area contributed by atoms with Crippen molar-refractivity contribution in [2.45, 2.75) is 79.6 Å². The summed E-state index contributed by atoms with van der Waals surface area (Å²) in [4.78, 5) is 0. The van der Waals surface area contributed by atoms with Gasteiger partial charge in [0, 0.05) is 0 Å². The first-order valence-electron chi connectivity index (χ1n) is 10.3. The first-order chi connectivity index (χ1) is 11.5. The average Bonchev–Trinajstić information content (AvgIpc) is 2.86. The molecule has 3 aliphatic carbocycles. The van der Waals surface area contributed by atoms with Crippen LogP contribution in [-0.2, 0) is 6.42 Å². The van der Waals surface area contributed by atoms with E-state index in [0.717, 1.165) is 23.7 Å². The molecule has 0 aromatic heterocycles. The molecule has 0 heteroatoms. The number of benzene rings is 1. The Morgan fingerprint density at radius 1 is 1.17 bits per heavy atom. The lowest BCUT2D eigenvalue weighted by atomic mass is 9.54. The number of hydrogen-bond acceptors (Lipinski definition) is 0. The van der Waals surface area contributed by atoms with E-state index in [1.165, 1.54) is 37.7 Å². The molecule has 1 aromatic carbocycles. The van der Waals surface area contributed by atoms with Crippen LogP contribution in [0.3, 0.4) is 0 Å². The minimum atomic E-state index is 0.498. The van der Waals surface area contributed by atoms with Crippen molar-refractivity contribution in [3.05, 3.63) is 46.5 Å². The van der Waals surface area contributed by atoms with Gasteiger partial charge in [0.15, 0.2) is 0 Å². The summed E-state index contributed by atoms with van der Waals surface area (Å²) >= 11 is 0. The summed E-state index contributed by atoms with van der Waals surface area (Å²) in [5.74, 6) is 3.53. The molecule has 24 heavy (non-hydrogen) atoms. The molecule has 0 N–H and O–H groups in total. The molecule has 132 valence electrons. The second kappa shape index (κ2) is 6.70. The van der Waals surface area contributed by atoms with Crippen molar-refractivity contribution in [3.63, 3.8) is 0 Å². The summed E-state index contributed by atoms with van der Waals surface area (Å²) in [7, 11) is 0. The van der Waals surface area contributed by atoms with Crippen molar-refractivity contribution in [1.82, 2.24) is 0 Å². The number of aryl methyl sites for hydroxylation is 2. The Hall–Kier alpha value is -1.04. The molecular formula is C24H36. The fraction of sp³-hybridized carbons (Fsp3) is 0.667. The zero-order chi connectivity index (χ0) is 17.5. The Labute approximate surface area is 149 Å². The zero-order valence-corrected chi connectivity index (χ0v) is 16.7. The average molecular weight is 325 g/mol.